The summed E-state index contributed by atoms with van der Waals surface area (Å²) in [6, 6.07) is 2.24. The summed E-state index contributed by atoms with van der Waals surface area (Å²) in [6.07, 6.45) is -0.00181. The molecule has 1 unspecified atom stereocenters. The van der Waals surface area contributed by atoms with Crippen LogP contribution in [0.15, 0.2) is 12.1 Å². The van der Waals surface area contributed by atoms with Crippen LogP contribution in [-0.2, 0) is 0 Å². The fourth-order valence-corrected chi connectivity index (χ4v) is 5.29. The van der Waals surface area contributed by atoms with Crippen LogP contribution in [0.4, 0.5) is 22.0 Å². The molecule has 0 saturated carbocycles. The second-order valence-corrected chi connectivity index (χ2v) is 9.10. The number of thiophene rings is 2. The number of carbonyl (C=O) groups is 2. The lowest BCUT2D eigenvalue weighted by atomic mass is 9.86. The minimum absolute atomic E-state index is 0.0712. The first-order valence-corrected chi connectivity index (χ1v) is 9.91. The Hall–Kier alpha value is -1.87. The van der Waals surface area contributed by atoms with Crippen LogP contribution in [0.2, 0.25) is 0 Å². The van der Waals surface area contributed by atoms with Gasteiger partial charge in [0.05, 0.1) is 9.75 Å². The van der Waals surface area contributed by atoms with E-state index in [0.29, 0.717) is 12.6 Å². The predicted molar refractivity (Wildman–Crippen MR) is 99.7 cm³/mol. The molecule has 0 bridgehead atoms. The van der Waals surface area contributed by atoms with E-state index in [4.69, 9.17) is 0 Å². The second-order valence-electron chi connectivity index (χ2n) is 6.53. The van der Waals surface area contributed by atoms with Crippen molar-refractivity contribution in [2.45, 2.75) is 44.7 Å². The van der Waals surface area contributed by atoms with E-state index in [1.165, 1.54) is 13.8 Å². The first-order valence-electron chi connectivity index (χ1n) is 8.28. The molecule has 9 heteroatoms. The minimum atomic E-state index is -5.00. The van der Waals surface area contributed by atoms with Gasteiger partial charge in [-0.2, -0.15) is 17.6 Å². The van der Waals surface area contributed by atoms with E-state index in [0.717, 1.165) is 41.7 Å². The first kappa shape index (κ1) is 20.9. The summed E-state index contributed by atoms with van der Waals surface area (Å²) in [4.78, 5) is 22.8. The molecule has 1 aliphatic rings. The van der Waals surface area contributed by atoms with E-state index in [2.05, 4.69) is 0 Å². The van der Waals surface area contributed by atoms with Crippen molar-refractivity contribution in [1.29, 1.82) is 0 Å². The number of hydrogen-bond acceptors (Lipinski definition) is 4. The molecule has 1 atom stereocenters. The second kappa shape index (κ2) is 6.59. The monoisotopic (exact) mass is 434 g/mol. The van der Waals surface area contributed by atoms with Crippen LogP contribution in [0.3, 0.4) is 0 Å². The van der Waals surface area contributed by atoms with Crippen molar-refractivity contribution in [2.75, 3.05) is 0 Å². The van der Waals surface area contributed by atoms with E-state index >= 15 is 13.2 Å². The lowest BCUT2D eigenvalue weighted by molar-refractivity contribution is -0.218. The summed E-state index contributed by atoms with van der Waals surface area (Å²) < 4.78 is 75.3. The summed E-state index contributed by atoms with van der Waals surface area (Å²) in [5.41, 5.74) is -5.99. The van der Waals surface area contributed by atoms with E-state index < -0.39 is 35.1 Å². The number of aryl methyl sites for hydroxylation is 2. The van der Waals surface area contributed by atoms with Gasteiger partial charge < -0.3 is 0 Å². The van der Waals surface area contributed by atoms with Gasteiger partial charge in [-0.3, -0.25) is 9.59 Å². The van der Waals surface area contributed by atoms with Gasteiger partial charge in [0, 0.05) is 20.9 Å². The molecule has 2 nitrogen and oxygen atoms in total. The molecule has 28 heavy (non-hydrogen) atoms. The zero-order valence-corrected chi connectivity index (χ0v) is 16.7. The summed E-state index contributed by atoms with van der Waals surface area (Å²) in [5, 5.41) is 0. The largest absolute Gasteiger partial charge is 0.351 e. The standard InChI is InChI=1S/C19H15F5O2S2/c1-4-17(20)15(13-5-11(7-25)27-9(13)2)16(18(21,22)19(17,23)24)14-6-12(8-26)28-10(14)3/h5-8H,4H2,1-3H3. The summed E-state index contributed by atoms with van der Waals surface area (Å²) in [6.45, 7) is 3.94. The Kier molecular flexibility index (Phi) is 4.91. The fraction of sp³-hybridized carbons (Fsp3) is 0.368. The van der Waals surface area contributed by atoms with E-state index in [-0.39, 0.29) is 30.6 Å². The van der Waals surface area contributed by atoms with Crippen LogP contribution in [0.5, 0.6) is 0 Å². The Bertz CT molecular complexity index is 1000. The topological polar surface area (TPSA) is 34.1 Å². The highest BCUT2D eigenvalue weighted by molar-refractivity contribution is 7.14. The van der Waals surface area contributed by atoms with Gasteiger partial charge in [-0.25, -0.2) is 4.39 Å². The molecule has 0 fully saturated rings. The highest BCUT2D eigenvalue weighted by atomic mass is 32.1. The molecule has 2 heterocycles. The van der Waals surface area contributed by atoms with Crippen molar-refractivity contribution in [3.63, 3.8) is 0 Å². The molecule has 2 aromatic rings. The number of alkyl halides is 5. The van der Waals surface area contributed by atoms with Gasteiger partial charge in [0.2, 0.25) is 5.67 Å². The van der Waals surface area contributed by atoms with Crippen LogP contribution < -0.4 is 0 Å². The average molecular weight is 434 g/mol. The zero-order valence-electron chi connectivity index (χ0n) is 15.0. The highest BCUT2D eigenvalue weighted by Gasteiger charge is 2.78. The molecule has 0 radical (unpaired) electrons. The molecule has 0 N–H and O–H groups in total. The van der Waals surface area contributed by atoms with Gasteiger partial charge >= 0.3 is 11.8 Å². The normalized spacial score (nSPS) is 23.3. The quantitative estimate of drug-likeness (QED) is 0.405. The SMILES string of the molecule is CCC1(F)C(c2cc(C=O)sc2C)=C(c2cc(C=O)sc2C)C(F)(F)C1(F)F. The predicted octanol–water partition coefficient (Wildman–Crippen LogP) is 6.36. The maximum atomic E-state index is 15.7. The third kappa shape index (κ3) is 2.55. The smallest absolute Gasteiger partial charge is 0.297 e. The molecular weight excluding hydrogens is 419 g/mol. The Balaban J connectivity index is 2.48. The Morgan fingerprint density at radius 1 is 0.857 bits per heavy atom. The van der Waals surface area contributed by atoms with Crippen molar-refractivity contribution in [3.8, 4) is 0 Å². The lowest BCUT2D eigenvalue weighted by Gasteiger charge is -2.31. The Morgan fingerprint density at radius 2 is 1.29 bits per heavy atom. The van der Waals surface area contributed by atoms with Crippen LogP contribution >= 0.6 is 22.7 Å². The lowest BCUT2D eigenvalue weighted by Crippen LogP contribution is -2.51. The zero-order chi connectivity index (χ0) is 21.1. The van der Waals surface area contributed by atoms with Crippen molar-refractivity contribution in [1.82, 2.24) is 0 Å². The molecule has 2 aromatic heterocycles. The van der Waals surface area contributed by atoms with Crippen LogP contribution in [-0.4, -0.2) is 30.1 Å². The first-order chi connectivity index (χ1) is 13.0. The number of rotatable bonds is 5. The van der Waals surface area contributed by atoms with Gasteiger partial charge in [-0.1, -0.05) is 6.92 Å². The van der Waals surface area contributed by atoms with Gasteiger partial charge in [0.15, 0.2) is 12.6 Å². The van der Waals surface area contributed by atoms with E-state index in [1.54, 1.807) is 0 Å². The number of aldehydes is 2. The third-order valence-electron chi connectivity index (χ3n) is 4.98. The number of halogens is 5. The maximum Gasteiger partial charge on any atom is 0.351 e. The average Bonchev–Trinajstić information content (AvgIpc) is 3.22. The fourth-order valence-electron chi connectivity index (χ4n) is 3.59. The number of hydrogen-bond donors (Lipinski definition) is 0. The third-order valence-corrected chi connectivity index (χ3v) is 6.94. The van der Waals surface area contributed by atoms with E-state index in [1.807, 2.05) is 0 Å². The van der Waals surface area contributed by atoms with Gasteiger partial charge in [-0.15, -0.1) is 22.7 Å². The number of carbonyl (C=O) groups excluding carboxylic acids is 2. The molecule has 0 amide bonds. The molecule has 150 valence electrons. The van der Waals surface area contributed by atoms with Crippen LogP contribution in [0, 0.1) is 13.8 Å². The minimum Gasteiger partial charge on any atom is -0.297 e. The molecule has 0 aromatic carbocycles. The Labute approximate surface area is 165 Å². The van der Waals surface area contributed by atoms with Crippen molar-refractivity contribution in [2.24, 2.45) is 0 Å². The van der Waals surface area contributed by atoms with Crippen molar-refractivity contribution >= 4 is 46.4 Å². The maximum absolute atomic E-state index is 15.7. The summed E-state index contributed by atoms with van der Waals surface area (Å²) >= 11 is 1.78. The molecule has 0 saturated heterocycles. The molecule has 3 rings (SSSR count). The summed E-state index contributed by atoms with van der Waals surface area (Å²) in [7, 11) is 0. The van der Waals surface area contributed by atoms with Crippen molar-refractivity contribution in [3.05, 3.63) is 42.8 Å². The van der Waals surface area contributed by atoms with Gasteiger partial charge in [-0.05, 0) is 43.5 Å². The van der Waals surface area contributed by atoms with Crippen molar-refractivity contribution < 1.29 is 31.5 Å². The van der Waals surface area contributed by atoms with Crippen LogP contribution in [0.25, 0.3) is 11.1 Å². The molecule has 0 spiro atoms. The van der Waals surface area contributed by atoms with Gasteiger partial charge in [0.25, 0.3) is 0 Å². The van der Waals surface area contributed by atoms with Gasteiger partial charge in [0.1, 0.15) is 0 Å². The Morgan fingerprint density at radius 3 is 1.64 bits per heavy atom. The van der Waals surface area contributed by atoms with Crippen LogP contribution in [0.1, 0.15) is 53.6 Å². The van der Waals surface area contributed by atoms with E-state index in [9.17, 15) is 18.4 Å². The molecule has 1 aliphatic carbocycles. The summed E-state index contributed by atoms with van der Waals surface area (Å²) in [5.74, 6) is -9.79. The molecule has 0 aliphatic heterocycles. The number of allylic oxidation sites excluding steroid dienone is 2. The highest BCUT2D eigenvalue weighted by Crippen LogP contribution is 2.66. The molecular formula is C19H15F5O2S2.